The third-order valence-corrected chi connectivity index (χ3v) is 5.16. The van der Waals surface area contributed by atoms with Crippen LogP contribution in [0.3, 0.4) is 0 Å². The summed E-state index contributed by atoms with van der Waals surface area (Å²) in [5, 5.41) is 4.41. The lowest BCUT2D eigenvalue weighted by atomic mass is 10.0. The highest BCUT2D eigenvalue weighted by molar-refractivity contribution is 7.99. The number of aromatic nitrogens is 2. The number of hydrogen-bond acceptors (Lipinski definition) is 3. The molecule has 0 spiro atoms. The van der Waals surface area contributed by atoms with Crippen molar-refractivity contribution in [3.05, 3.63) is 41.3 Å². The third kappa shape index (κ3) is 3.80. The van der Waals surface area contributed by atoms with E-state index in [-0.39, 0.29) is 11.1 Å². The first-order chi connectivity index (χ1) is 11.4. The highest BCUT2D eigenvalue weighted by atomic mass is 32.2. The smallest absolute Gasteiger partial charge is 0.323 e. The van der Waals surface area contributed by atoms with Gasteiger partial charge >= 0.3 is 6.03 Å². The van der Waals surface area contributed by atoms with Gasteiger partial charge in [0.1, 0.15) is 0 Å². The summed E-state index contributed by atoms with van der Waals surface area (Å²) in [5.74, 6) is -0.145. The number of amides is 1. The van der Waals surface area contributed by atoms with E-state index in [0.717, 1.165) is 26.9 Å². The van der Waals surface area contributed by atoms with Crippen LogP contribution in [0.5, 0.6) is 0 Å². The second-order valence-electron chi connectivity index (χ2n) is 5.93. The van der Waals surface area contributed by atoms with Gasteiger partial charge in [0.25, 0.3) is 0 Å². The molecule has 4 nitrogen and oxygen atoms in total. The Balaban J connectivity index is 2.34. The number of benzene rings is 1. The molecule has 0 radical (unpaired) electrons. The number of carbonyl (C=O) groups is 1. The molecule has 0 bridgehead atoms. The van der Waals surface area contributed by atoms with Gasteiger partial charge in [0.2, 0.25) is 0 Å². The Morgan fingerprint density at radius 2 is 2.00 bits per heavy atom. The quantitative estimate of drug-likeness (QED) is 0.769. The first-order valence-corrected chi connectivity index (χ1v) is 9.02. The molecule has 2 rings (SSSR count). The monoisotopic (exact) mass is 349 g/mol. The molecule has 0 aliphatic carbocycles. The minimum Gasteiger partial charge on any atom is -0.323 e. The summed E-state index contributed by atoms with van der Waals surface area (Å²) < 4.78 is 15.4. The molecule has 2 aromatic rings. The van der Waals surface area contributed by atoms with Crippen LogP contribution in [0.15, 0.2) is 34.3 Å². The lowest BCUT2D eigenvalue weighted by Crippen LogP contribution is -2.34. The predicted molar refractivity (Wildman–Crippen MR) is 95.3 cm³/mol. The zero-order chi connectivity index (χ0) is 17.9. The molecule has 6 heteroatoms. The Morgan fingerprint density at radius 1 is 1.33 bits per heavy atom. The molecule has 0 saturated heterocycles. The van der Waals surface area contributed by atoms with Crippen LogP contribution in [0, 0.1) is 12.7 Å². The topological polar surface area (TPSA) is 38.1 Å². The van der Waals surface area contributed by atoms with Gasteiger partial charge < -0.3 is 4.90 Å². The summed E-state index contributed by atoms with van der Waals surface area (Å²) in [6.07, 6.45) is 1.16. The summed E-state index contributed by atoms with van der Waals surface area (Å²) in [5.41, 5.74) is 2.24. The van der Waals surface area contributed by atoms with Crippen LogP contribution in [0.2, 0.25) is 0 Å². The lowest BCUT2D eigenvalue weighted by molar-refractivity contribution is 0.201. The van der Waals surface area contributed by atoms with Crippen LogP contribution in [-0.4, -0.2) is 33.8 Å². The molecule has 130 valence electrons. The average Bonchev–Trinajstić information content (AvgIpc) is 2.91. The molecule has 0 fully saturated rings. The van der Waals surface area contributed by atoms with Gasteiger partial charge in [-0.25, -0.2) is 9.18 Å². The van der Waals surface area contributed by atoms with Crippen LogP contribution < -0.4 is 0 Å². The average molecular weight is 349 g/mol. The highest BCUT2D eigenvalue weighted by Crippen LogP contribution is 2.36. The highest BCUT2D eigenvalue weighted by Gasteiger charge is 2.20. The van der Waals surface area contributed by atoms with Crippen molar-refractivity contribution in [2.75, 3.05) is 13.1 Å². The Kier molecular flexibility index (Phi) is 6.04. The Bertz CT molecular complexity index is 723. The van der Waals surface area contributed by atoms with Gasteiger partial charge in [0, 0.05) is 18.0 Å². The maximum absolute atomic E-state index is 14.3. The van der Waals surface area contributed by atoms with Crippen molar-refractivity contribution in [1.82, 2.24) is 14.7 Å². The molecule has 0 N–H and O–H groups in total. The number of hydrogen-bond donors (Lipinski definition) is 0. The van der Waals surface area contributed by atoms with Crippen LogP contribution in [0.25, 0.3) is 0 Å². The van der Waals surface area contributed by atoms with E-state index in [1.54, 1.807) is 4.90 Å². The second-order valence-corrected chi connectivity index (χ2v) is 6.93. The van der Waals surface area contributed by atoms with Crippen molar-refractivity contribution < 1.29 is 9.18 Å². The maximum Gasteiger partial charge on any atom is 0.344 e. The minimum absolute atomic E-state index is 0.228. The first kappa shape index (κ1) is 18.5. The SMILES string of the molecule is CCN(CC)C(=O)n1cc(F)c(Sc2c(C)cccc2C(C)C)n1. The zero-order valence-corrected chi connectivity index (χ0v) is 15.7. The Labute approximate surface area is 147 Å². The molecular weight excluding hydrogens is 325 g/mol. The van der Waals surface area contributed by atoms with E-state index in [1.165, 1.54) is 11.8 Å². The summed E-state index contributed by atoms with van der Waals surface area (Å²) in [6, 6.07) is 5.76. The van der Waals surface area contributed by atoms with Crippen molar-refractivity contribution in [3.8, 4) is 0 Å². The number of nitrogens with zero attached hydrogens (tertiary/aromatic N) is 3. The van der Waals surface area contributed by atoms with Crippen LogP contribution in [0.1, 0.15) is 44.7 Å². The summed E-state index contributed by atoms with van der Waals surface area (Å²) in [4.78, 5) is 14.9. The van der Waals surface area contributed by atoms with Gasteiger partial charge in [-0.05, 0) is 37.8 Å². The van der Waals surface area contributed by atoms with E-state index in [4.69, 9.17) is 0 Å². The van der Waals surface area contributed by atoms with Gasteiger partial charge in [-0.1, -0.05) is 43.8 Å². The molecule has 0 atom stereocenters. The van der Waals surface area contributed by atoms with Crippen molar-refractivity contribution in [3.63, 3.8) is 0 Å². The molecule has 0 aliphatic heterocycles. The first-order valence-electron chi connectivity index (χ1n) is 8.20. The molecule has 0 saturated carbocycles. The van der Waals surface area contributed by atoms with E-state index in [1.807, 2.05) is 32.9 Å². The van der Waals surface area contributed by atoms with Crippen molar-refractivity contribution in [2.24, 2.45) is 0 Å². The van der Waals surface area contributed by atoms with Crippen molar-refractivity contribution >= 4 is 17.8 Å². The van der Waals surface area contributed by atoms with Gasteiger partial charge in [-0.2, -0.15) is 9.78 Å². The van der Waals surface area contributed by atoms with Crippen molar-refractivity contribution in [2.45, 2.75) is 50.5 Å². The second kappa shape index (κ2) is 7.83. The largest absolute Gasteiger partial charge is 0.344 e. The standard InChI is InChI=1S/C18H24FN3OS/c1-6-21(7-2)18(23)22-11-15(19)17(20-22)24-16-13(5)9-8-10-14(16)12(3)4/h8-12H,6-7H2,1-5H3. The predicted octanol–water partition coefficient (Wildman–Crippen LogP) is 4.92. The lowest BCUT2D eigenvalue weighted by Gasteiger charge is -2.17. The normalized spacial score (nSPS) is 11.1. The molecular formula is C18H24FN3OS. The van der Waals surface area contributed by atoms with Gasteiger partial charge in [-0.15, -0.1) is 0 Å². The van der Waals surface area contributed by atoms with E-state index in [9.17, 15) is 9.18 Å². The fourth-order valence-corrected chi connectivity index (χ4v) is 3.63. The molecule has 1 aromatic carbocycles. The van der Waals surface area contributed by atoms with Crippen LogP contribution >= 0.6 is 11.8 Å². The van der Waals surface area contributed by atoms with E-state index in [0.29, 0.717) is 19.0 Å². The number of halogens is 1. The fraction of sp³-hybridized carbons (Fsp3) is 0.444. The molecule has 0 aliphatic rings. The van der Waals surface area contributed by atoms with Gasteiger partial charge in [0.15, 0.2) is 10.8 Å². The molecule has 1 aromatic heterocycles. The van der Waals surface area contributed by atoms with Crippen LogP contribution in [0.4, 0.5) is 9.18 Å². The fourth-order valence-electron chi connectivity index (χ4n) is 2.51. The van der Waals surface area contributed by atoms with E-state index in [2.05, 4.69) is 25.0 Å². The Morgan fingerprint density at radius 3 is 2.58 bits per heavy atom. The summed E-state index contributed by atoms with van der Waals surface area (Å²) in [7, 11) is 0. The van der Waals surface area contributed by atoms with Crippen LogP contribution in [-0.2, 0) is 0 Å². The molecule has 1 amide bonds. The number of aryl methyl sites for hydroxylation is 1. The maximum atomic E-state index is 14.3. The number of rotatable bonds is 5. The summed E-state index contributed by atoms with van der Waals surface area (Å²) >= 11 is 1.28. The Hall–Kier alpha value is -1.82. The zero-order valence-electron chi connectivity index (χ0n) is 14.8. The van der Waals surface area contributed by atoms with Crippen molar-refractivity contribution in [1.29, 1.82) is 0 Å². The number of carbonyl (C=O) groups excluding carboxylic acids is 1. The minimum atomic E-state index is -0.474. The molecule has 1 heterocycles. The third-order valence-electron chi connectivity index (χ3n) is 3.93. The van der Waals surface area contributed by atoms with E-state index >= 15 is 0 Å². The molecule has 24 heavy (non-hydrogen) atoms. The van der Waals surface area contributed by atoms with E-state index < -0.39 is 5.82 Å². The summed E-state index contributed by atoms with van der Waals surface area (Å²) in [6.45, 7) is 11.1. The van der Waals surface area contributed by atoms with Gasteiger partial charge in [-0.3, -0.25) is 0 Å². The molecule has 0 unspecified atom stereocenters. The van der Waals surface area contributed by atoms with Gasteiger partial charge in [0.05, 0.1) is 6.20 Å².